The number of carboxylic acids is 1. The van der Waals surface area contributed by atoms with Crippen LogP contribution in [-0.4, -0.2) is 27.1 Å². The van der Waals surface area contributed by atoms with Gasteiger partial charge >= 0.3 is 5.97 Å². The fraction of sp³-hybridized carbons (Fsp3) is 0.320. The summed E-state index contributed by atoms with van der Waals surface area (Å²) in [6.45, 7) is 3.73. The van der Waals surface area contributed by atoms with Gasteiger partial charge in [-0.2, -0.15) is 0 Å². The van der Waals surface area contributed by atoms with Crippen LogP contribution in [-0.2, 0) is 11.2 Å². The zero-order valence-corrected chi connectivity index (χ0v) is 17.5. The van der Waals surface area contributed by atoms with Gasteiger partial charge in [-0.1, -0.05) is 50.5 Å². The number of ether oxygens (including phenoxy) is 1. The summed E-state index contributed by atoms with van der Waals surface area (Å²) < 4.78 is 5.35. The third-order valence-electron chi connectivity index (χ3n) is 5.03. The van der Waals surface area contributed by atoms with Gasteiger partial charge in [0.1, 0.15) is 5.75 Å². The summed E-state index contributed by atoms with van der Waals surface area (Å²) in [6.07, 6.45) is 8.99. The van der Waals surface area contributed by atoms with Crippen molar-refractivity contribution in [1.29, 1.82) is 0 Å². The molecule has 0 bridgehead atoms. The van der Waals surface area contributed by atoms with Crippen LogP contribution in [0.15, 0.2) is 60.9 Å². The lowest BCUT2D eigenvalue weighted by Crippen LogP contribution is -2.22. The predicted octanol–water partition coefficient (Wildman–Crippen LogP) is 5.79. The second-order valence-electron chi connectivity index (χ2n) is 7.43. The van der Waals surface area contributed by atoms with Crippen LogP contribution >= 0.6 is 0 Å². The molecule has 0 spiro atoms. The maximum Gasteiger partial charge on any atom is 0.344 e. The van der Waals surface area contributed by atoms with Crippen molar-refractivity contribution in [3.05, 3.63) is 66.5 Å². The lowest BCUT2D eigenvalue weighted by Gasteiger charge is -2.10. The molecule has 1 heterocycles. The molecule has 0 saturated carbocycles. The molecule has 0 amide bonds. The molecule has 0 radical (unpaired) electrons. The van der Waals surface area contributed by atoms with Crippen molar-refractivity contribution >= 4 is 5.97 Å². The van der Waals surface area contributed by atoms with E-state index in [1.807, 2.05) is 24.5 Å². The molecule has 156 valence electrons. The molecule has 5 heteroatoms. The Bertz CT molecular complexity index is 936. The first kappa shape index (κ1) is 21.5. The zero-order chi connectivity index (χ0) is 21.3. The van der Waals surface area contributed by atoms with Gasteiger partial charge in [0.15, 0.2) is 11.9 Å². The average molecular weight is 405 g/mol. The van der Waals surface area contributed by atoms with Crippen molar-refractivity contribution in [2.24, 2.45) is 0 Å². The minimum absolute atomic E-state index is 0.500. The molecule has 0 aliphatic heterocycles. The molecule has 0 fully saturated rings. The van der Waals surface area contributed by atoms with Gasteiger partial charge in [0.2, 0.25) is 0 Å². The summed E-state index contributed by atoms with van der Waals surface area (Å²) in [5.74, 6) is 0.117. The Morgan fingerprint density at radius 2 is 1.53 bits per heavy atom. The van der Waals surface area contributed by atoms with E-state index in [0.29, 0.717) is 11.6 Å². The maximum atomic E-state index is 10.9. The van der Waals surface area contributed by atoms with Crippen LogP contribution in [0.2, 0.25) is 0 Å². The predicted molar refractivity (Wildman–Crippen MR) is 118 cm³/mol. The Morgan fingerprint density at radius 1 is 0.900 bits per heavy atom. The number of hydrogen-bond donors (Lipinski definition) is 1. The molecular weight excluding hydrogens is 376 g/mol. The molecule has 2 aromatic carbocycles. The van der Waals surface area contributed by atoms with Gasteiger partial charge in [-0.25, -0.2) is 14.8 Å². The number of aryl methyl sites for hydroxylation is 1. The lowest BCUT2D eigenvalue weighted by molar-refractivity contribution is -0.144. The van der Waals surface area contributed by atoms with Gasteiger partial charge in [-0.15, -0.1) is 0 Å². The van der Waals surface area contributed by atoms with Gasteiger partial charge in [0, 0.05) is 23.5 Å². The molecule has 1 atom stereocenters. The monoisotopic (exact) mass is 404 g/mol. The molecule has 1 unspecified atom stereocenters. The number of benzene rings is 2. The number of hydrogen-bond acceptors (Lipinski definition) is 4. The Hall–Kier alpha value is -3.21. The van der Waals surface area contributed by atoms with Crippen molar-refractivity contribution < 1.29 is 14.6 Å². The average Bonchev–Trinajstić information content (AvgIpc) is 2.78. The summed E-state index contributed by atoms with van der Waals surface area (Å²) in [7, 11) is 0. The minimum atomic E-state index is -0.998. The largest absolute Gasteiger partial charge is 0.479 e. The Balaban J connectivity index is 1.62. The third-order valence-corrected chi connectivity index (χ3v) is 5.03. The first-order valence-corrected chi connectivity index (χ1v) is 10.5. The van der Waals surface area contributed by atoms with Crippen molar-refractivity contribution in [3.8, 4) is 28.3 Å². The number of aromatic nitrogens is 2. The highest BCUT2D eigenvalue weighted by molar-refractivity contribution is 5.72. The van der Waals surface area contributed by atoms with E-state index in [-0.39, 0.29) is 0 Å². The molecule has 5 nitrogen and oxygen atoms in total. The van der Waals surface area contributed by atoms with Crippen molar-refractivity contribution in [3.63, 3.8) is 0 Å². The zero-order valence-electron chi connectivity index (χ0n) is 17.5. The lowest BCUT2D eigenvalue weighted by atomic mass is 10.0. The summed E-state index contributed by atoms with van der Waals surface area (Å²) in [5, 5.41) is 8.92. The van der Waals surface area contributed by atoms with E-state index in [2.05, 4.69) is 41.2 Å². The van der Waals surface area contributed by atoms with Crippen LogP contribution in [0.1, 0.15) is 45.1 Å². The molecular formula is C25H28N2O3. The summed E-state index contributed by atoms with van der Waals surface area (Å²) in [4.78, 5) is 19.9. The topological polar surface area (TPSA) is 72.3 Å². The molecule has 0 aliphatic rings. The highest BCUT2D eigenvalue weighted by Gasteiger charge is 2.12. The van der Waals surface area contributed by atoms with E-state index in [4.69, 9.17) is 9.84 Å². The molecule has 3 aromatic rings. The van der Waals surface area contributed by atoms with E-state index in [0.717, 1.165) is 23.1 Å². The van der Waals surface area contributed by atoms with Gasteiger partial charge in [0.25, 0.3) is 0 Å². The molecule has 0 saturated heterocycles. The molecule has 3 rings (SSSR count). The summed E-state index contributed by atoms with van der Waals surface area (Å²) in [6, 6.07) is 15.7. The van der Waals surface area contributed by atoms with E-state index < -0.39 is 12.1 Å². The fourth-order valence-electron chi connectivity index (χ4n) is 3.18. The number of unbranched alkanes of at least 4 members (excludes halogenated alkanes) is 3. The van der Waals surface area contributed by atoms with Crippen LogP contribution in [0, 0.1) is 0 Å². The number of carbonyl (C=O) groups is 1. The van der Waals surface area contributed by atoms with Crippen LogP contribution < -0.4 is 4.74 Å². The SMILES string of the molecule is CCCCCCc1ccc(-c2cnc(-c3ccc(OC(C)C(=O)O)cc3)nc2)cc1. The fourth-order valence-corrected chi connectivity index (χ4v) is 3.18. The van der Waals surface area contributed by atoms with E-state index in [9.17, 15) is 4.79 Å². The van der Waals surface area contributed by atoms with Crippen molar-refractivity contribution in [2.45, 2.75) is 52.1 Å². The normalized spacial score (nSPS) is 11.8. The highest BCUT2D eigenvalue weighted by Crippen LogP contribution is 2.23. The van der Waals surface area contributed by atoms with Gasteiger partial charge < -0.3 is 9.84 Å². The molecule has 30 heavy (non-hydrogen) atoms. The van der Waals surface area contributed by atoms with Crippen LogP contribution in [0.5, 0.6) is 5.75 Å². The van der Waals surface area contributed by atoms with E-state index >= 15 is 0 Å². The highest BCUT2D eigenvalue weighted by atomic mass is 16.5. The van der Waals surface area contributed by atoms with Crippen LogP contribution in [0.4, 0.5) is 0 Å². The van der Waals surface area contributed by atoms with Crippen LogP contribution in [0.3, 0.4) is 0 Å². The quantitative estimate of drug-likeness (QED) is 0.433. The Morgan fingerprint density at radius 3 is 2.13 bits per heavy atom. The van der Waals surface area contributed by atoms with Gasteiger partial charge in [0.05, 0.1) is 0 Å². The minimum Gasteiger partial charge on any atom is -0.479 e. The Labute approximate surface area is 177 Å². The van der Waals surface area contributed by atoms with E-state index in [1.54, 1.807) is 12.1 Å². The van der Waals surface area contributed by atoms with Crippen LogP contribution in [0.25, 0.3) is 22.5 Å². The summed E-state index contributed by atoms with van der Waals surface area (Å²) >= 11 is 0. The second kappa shape index (κ2) is 10.5. The van der Waals surface area contributed by atoms with Crippen molar-refractivity contribution in [2.75, 3.05) is 0 Å². The van der Waals surface area contributed by atoms with Gasteiger partial charge in [-0.05, 0) is 55.2 Å². The van der Waals surface area contributed by atoms with Gasteiger partial charge in [-0.3, -0.25) is 0 Å². The number of carboxylic acid groups (broad SMARTS) is 1. The molecule has 1 aromatic heterocycles. The standard InChI is InChI=1S/C25H28N2O3/c1-3-4-5-6-7-19-8-10-20(11-9-19)22-16-26-24(27-17-22)21-12-14-23(15-13-21)30-18(2)25(28)29/h8-18H,3-7H2,1-2H3,(H,28,29). The number of nitrogens with zero attached hydrogens (tertiary/aromatic N) is 2. The number of rotatable bonds is 10. The second-order valence-corrected chi connectivity index (χ2v) is 7.43. The number of aliphatic carboxylic acids is 1. The van der Waals surface area contributed by atoms with E-state index in [1.165, 1.54) is 38.2 Å². The van der Waals surface area contributed by atoms with Crippen molar-refractivity contribution in [1.82, 2.24) is 9.97 Å². The smallest absolute Gasteiger partial charge is 0.344 e. The third kappa shape index (κ3) is 5.89. The Kier molecular flexibility index (Phi) is 7.55. The maximum absolute atomic E-state index is 10.9. The summed E-state index contributed by atoms with van der Waals surface area (Å²) in [5.41, 5.74) is 4.29. The molecule has 0 aliphatic carbocycles. The molecule has 1 N–H and O–H groups in total. The first-order chi connectivity index (χ1) is 14.6. The first-order valence-electron chi connectivity index (χ1n) is 10.5.